The molecule has 4 N–H and O–H groups in total. The number of para-hydroxylation sites is 1. The molecule has 0 aliphatic carbocycles. The van der Waals surface area contributed by atoms with E-state index < -0.39 is 17.8 Å². The van der Waals surface area contributed by atoms with Gasteiger partial charge in [0.2, 0.25) is 5.91 Å². The number of nitrogens with zero attached hydrogens (tertiary/aromatic N) is 1. The summed E-state index contributed by atoms with van der Waals surface area (Å²) in [5.41, 5.74) is 5.25. The third-order valence-electron chi connectivity index (χ3n) is 3.18. The molecule has 3 amide bonds. The van der Waals surface area contributed by atoms with Crippen molar-refractivity contribution in [1.82, 2.24) is 10.2 Å². The highest BCUT2D eigenvalue weighted by Crippen LogP contribution is 2.15. The molecular weight excluding hydrogens is 263 g/mol. The van der Waals surface area contributed by atoms with E-state index in [0.717, 1.165) is 13.0 Å². The van der Waals surface area contributed by atoms with E-state index in [0.29, 0.717) is 6.54 Å². The lowest BCUT2D eigenvalue weighted by molar-refractivity contribution is -0.118. The van der Waals surface area contributed by atoms with Gasteiger partial charge in [-0.05, 0) is 25.1 Å². The number of amides is 3. The number of anilines is 1. The summed E-state index contributed by atoms with van der Waals surface area (Å²) in [6.45, 7) is 1.18. The van der Waals surface area contributed by atoms with Crippen molar-refractivity contribution < 1.29 is 14.0 Å². The number of benzene rings is 1. The molecule has 1 aromatic carbocycles. The summed E-state index contributed by atoms with van der Waals surface area (Å²) in [6, 6.07) is 5.23. The van der Waals surface area contributed by atoms with Gasteiger partial charge in [0, 0.05) is 12.6 Å². The molecule has 1 aliphatic heterocycles. The number of carbonyl (C=O) groups is 2. The molecular formula is C13H17FN4O2. The van der Waals surface area contributed by atoms with E-state index in [-0.39, 0.29) is 18.3 Å². The van der Waals surface area contributed by atoms with Crippen molar-refractivity contribution in [3.8, 4) is 0 Å². The van der Waals surface area contributed by atoms with Gasteiger partial charge in [0.15, 0.2) is 0 Å². The minimum Gasteiger partial charge on any atom is -0.368 e. The lowest BCUT2D eigenvalue weighted by Crippen LogP contribution is -2.48. The highest BCUT2D eigenvalue weighted by atomic mass is 19.1. The first-order valence-electron chi connectivity index (χ1n) is 6.39. The Morgan fingerprint density at radius 2 is 2.20 bits per heavy atom. The van der Waals surface area contributed by atoms with Crippen LogP contribution < -0.4 is 16.4 Å². The van der Waals surface area contributed by atoms with E-state index in [1.54, 1.807) is 6.07 Å². The van der Waals surface area contributed by atoms with Gasteiger partial charge < -0.3 is 21.3 Å². The van der Waals surface area contributed by atoms with Crippen LogP contribution in [0.1, 0.15) is 6.42 Å². The number of rotatable bonds is 4. The van der Waals surface area contributed by atoms with Crippen LogP contribution in [0.4, 0.5) is 14.9 Å². The predicted octanol–water partition coefficient (Wildman–Crippen LogP) is 0.507. The number of nitrogens with one attached hydrogen (secondary N) is 2. The van der Waals surface area contributed by atoms with Crippen molar-refractivity contribution in [2.24, 2.45) is 5.73 Å². The Hall–Kier alpha value is -2.15. The van der Waals surface area contributed by atoms with Crippen molar-refractivity contribution in [3.63, 3.8) is 0 Å². The predicted molar refractivity (Wildman–Crippen MR) is 72.6 cm³/mol. The van der Waals surface area contributed by atoms with E-state index in [1.165, 1.54) is 23.1 Å². The van der Waals surface area contributed by atoms with Gasteiger partial charge in [0.25, 0.3) is 0 Å². The second-order valence-corrected chi connectivity index (χ2v) is 4.65. The molecule has 1 atom stereocenters. The first-order chi connectivity index (χ1) is 9.58. The maximum atomic E-state index is 13.5. The summed E-state index contributed by atoms with van der Waals surface area (Å²) in [6.07, 6.45) is 0.734. The monoisotopic (exact) mass is 280 g/mol. The molecule has 0 spiro atoms. The zero-order chi connectivity index (χ0) is 14.5. The van der Waals surface area contributed by atoms with E-state index in [2.05, 4.69) is 10.6 Å². The van der Waals surface area contributed by atoms with Crippen LogP contribution in [0.2, 0.25) is 0 Å². The largest absolute Gasteiger partial charge is 0.368 e. The molecule has 20 heavy (non-hydrogen) atoms. The maximum Gasteiger partial charge on any atom is 0.322 e. The van der Waals surface area contributed by atoms with Gasteiger partial charge >= 0.3 is 6.03 Å². The standard InChI is InChI=1S/C13H17FN4O2/c14-10-3-1-2-4-11(10)17-13(20)18(8-12(15)19)9-5-6-16-7-9/h1-4,9,16H,5-8H2,(H2,15,19)(H,17,20). The SMILES string of the molecule is NC(=O)CN(C(=O)Nc1ccccc1F)C1CCNC1. The molecule has 1 aliphatic rings. The third-order valence-corrected chi connectivity index (χ3v) is 3.18. The Balaban J connectivity index is 2.09. The number of urea groups is 1. The number of hydrogen-bond donors (Lipinski definition) is 3. The average Bonchev–Trinajstić information content (AvgIpc) is 2.92. The third kappa shape index (κ3) is 3.45. The molecule has 1 aromatic rings. The topological polar surface area (TPSA) is 87.5 Å². The Labute approximate surface area is 116 Å². The van der Waals surface area contributed by atoms with E-state index in [1.807, 2.05) is 0 Å². The summed E-state index contributed by atoms with van der Waals surface area (Å²) >= 11 is 0. The minimum atomic E-state index is -0.597. The van der Waals surface area contributed by atoms with Crippen molar-refractivity contribution in [3.05, 3.63) is 30.1 Å². The maximum absolute atomic E-state index is 13.5. The lowest BCUT2D eigenvalue weighted by Gasteiger charge is -2.27. The van der Waals surface area contributed by atoms with Gasteiger partial charge in [-0.25, -0.2) is 9.18 Å². The Morgan fingerprint density at radius 3 is 2.80 bits per heavy atom. The summed E-state index contributed by atoms with van der Waals surface area (Å²) in [7, 11) is 0. The van der Waals surface area contributed by atoms with Gasteiger partial charge in [-0.1, -0.05) is 12.1 Å². The number of halogens is 1. The first kappa shape index (κ1) is 14.3. The van der Waals surface area contributed by atoms with Crippen LogP contribution >= 0.6 is 0 Å². The van der Waals surface area contributed by atoms with Crippen LogP contribution in [0.25, 0.3) is 0 Å². The number of carbonyl (C=O) groups excluding carboxylic acids is 2. The van der Waals surface area contributed by atoms with E-state index in [9.17, 15) is 14.0 Å². The molecule has 7 heteroatoms. The zero-order valence-corrected chi connectivity index (χ0v) is 10.9. The normalized spacial score (nSPS) is 17.8. The van der Waals surface area contributed by atoms with Crippen LogP contribution in [-0.2, 0) is 4.79 Å². The van der Waals surface area contributed by atoms with Gasteiger partial charge in [-0.2, -0.15) is 0 Å². The summed E-state index contributed by atoms with van der Waals surface area (Å²) in [5, 5.41) is 5.58. The molecule has 2 rings (SSSR count). The van der Waals surface area contributed by atoms with E-state index >= 15 is 0 Å². The molecule has 1 fully saturated rings. The molecule has 1 heterocycles. The van der Waals surface area contributed by atoms with Gasteiger partial charge in [0.1, 0.15) is 12.4 Å². The highest BCUT2D eigenvalue weighted by Gasteiger charge is 2.28. The van der Waals surface area contributed by atoms with Crippen molar-refractivity contribution >= 4 is 17.6 Å². The number of nitrogens with two attached hydrogens (primary N) is 1. The quantitative estimate of drug-likeness (QED) is 0.751. The molecule has 0 radical (unpaired) electrons. The van der Waals surface area contributed by atoms with Crippen LogP contribution in [0, 0.1) is 5.82 Å². The molecule has 108 valence electrons. The van der Waals surface area contributed by atoms with Crippen LogP contribution in [-0.4, -0.2) is 42.5 Å². The smallest absolute Gasteiger partial charge is 0.322 e. The molecule has 1 unspecified atom stereocenters. The second-order valence-electron chi connectivity index (χ2n) is 4.65. The van der Waals surface area contributed by atoms with Crippen molar-refractivity contribution in [2.75, 3.05) is 25.0 Å². The Morgan fingerprint density at radius 1 is 1.45 bits per heavy atom. The van der Waals surface area contributed by atoms with Gasteiger partial charge in [-0.3, -0.25) is 4.79 Å². The minimum absolute atomic E-state index is 0.0814. The fraction of sp³-hybridized carbons (Fsp3) is 0.385. The summed E-state index contributed by atoms with van der Waals surface area (Å²) in [5.74, 6) is -1.12. The lowest BCUT2D eigenvalue weighted by atomic mass is 10.2. The fourth-order valence-electron chi connectivity index (χ4n) is 2.19. The molecule has 0 aromatic heterocycles. The second kappa shape index (κ2) is 6.33. The molecule has 6 nitrogen and oxygen atoms in total. The van der Waals surface area contributed by atoms with Gasteiger partial charge in [-0.15, -0.1) is 0 Å². The molecule has 1 saturated heterocycles. The zero-order valence-electron chi connectivity index (χ0n) is 10.9. The summed E-state index contributed by atoms with van der Waals surface area (Å²) < 4.78 is 13.5. The van der Waals surface area contributed by atoms with Crippen LogP contribution in [0.3, 0.4) is 0 Å². The van der Waals surface area contributed by atoms with E-state index in [4.69, 9.17) is 5.73 Å². The average molecular weight is 280 g/mol. The first-order valence-corrected chi connectivity index (χ1v) is 6.39. The van der Waals surface area contributed by atoms with Gasteiger partial charge in [0.05, 0.1) is 5.69 Å². The van der Waals surface area contributed by atoms with Crippen LogP contribution in [0.15, 0.2) is 24.3 Å². The summed E-state index contributed by atoms with van der Waals surface area (Å²) in [4.78, 5) is 24.6. The number of primary amides is 1. The fourth-order valence-corrected chi connectivity index (χ4v) is 2.19. The van der Waals surface area contributed by atoms with Crippen molar-refractivity contribution in [2.45, 2.75) is 12.5 Å². The van der Waals surface area contributed by atoms with Crippen molar-refractivity contribution in [1.29, 1.82) is 0 Å². The highest BCUT2D eigenvalue weighted by molar-refractivity contribution is 5.92. The van der Waals surface area contributed by atoms with Crippen LogP contribution in [0.5, 0.6) is 0 Å². The number of hydrogen-bond acceptors (Lipinski definition) is 3. The Bertz CT molecular complexity index is 503. The molecule has 0 saturated carbocycles. The Kier molecular flexibility index (Phi) is 4.52. The molecule has 0 bridgehead atoms.